The number of hydrogen-bond acceptors (Lipinski definition) is 3. The standard InChI is InChI=1S/C10H17NO3/c1-6(2)7(3)8-5-10(4,9(12)13)14-11-8/h6-7H,5H2,1-4H3,(H,12,13). The zero-order chi connectivity index (χ0) is 10.9. The van der Waals surface area contributed by atoms with Crippen molar-refractivity contribution in [3.8, 4) is 0 Å². The van der Waals surface area contributed by atoms with Gasteiger partial charge in [-0.3, -0.25) is 0 Å². The maximum absolute atomic E-state index is 10.9. The van der Waals surface area contributed by atoms with Crippen molar-refractivity contribution < 1.29 is 14.7 Å². The van der Waals surface area contributed by atoms with Crippen LogP contribution in [0.25, 0.3) is 0 Å². The predicted molar refractivity (Wildman–Crippen MR) is 53.2 cm³/mol. The Kier molecular flexibility index (Phi) is 2.83. The number of carbonyl (C=O) groups is 1. The molecular formula is C10H17NO3. The maximum Gasteiger partial charge on any atom is 0.351 e. The van der Waals surface area contributed by atoms with Crippen LogP contribution in [0.1, 0.15) is 34.1 Å². The van der Waals surface area contributed by atoms with Crippen LogP contribution in [0.5, 0.6) is 0 Å². The molecule has 0 aromatic heterocycles. The highest BCUT2D eigenvalue weighted by Gasteiger charge is 2.43. The van der Waals surface area contributed by atoms with Gasteiger partial charge in [-0.15, -0.1) is 0 Å². The first-order chi connectivity index (χ1) is 6.37. The molecule has 1 N–H and O–H groups in total. The van der Waals surface area contributed by atoms with E-state index < -0.39 is 11.6 Å². The summed E-state index contributed by atoms with van der Waals surface area (Å²) >= 11 is 0. The molecule has 1 aliphatic rings. The van der Waals surface area contributed by atoms with Crippen LogP contribution in [0.3, 0.4) is 0 Å². The lowest BCUT2D eigenvalue weighted by Crippen LogP contribution is -2.36. The number of rotatable bonds is 3. The van der Waals surface area contributed by atoms with Gasteiger partial charge in [-0.1, -0.05) is 25.9 Å². The van der Waals surface area contributed by atoms with Gasteiger partial charge in [0.05, 0.1) is 5.71 Å². The van der Waals surface area contributed by atoms with Crippen molar-refractivity contribution in [1.82, 2.24) is 0 Å². The summed E-state index contributed by atoms with van der Waals surface area (Å²) in [5.74, 6) is -0.225. The van der Waals surface area contributed by atoms with Crippen molar-refractivity contribution in [3.63, 3.8) is 0 Å². The fourth-order valence-corrected chi connectivity index (χ4v) is 1.31. The molecule has 0 aromatic carbocycles. The third kappa shape index (κ3) is 1.89. The molecule has 80 valence electrons. The molecule has 1 aliphatic heterocycles. The molecule has 0 saturated carbocycles. The molecule has 4 nitrogen and oxygen atoms in total. The highest BCUT2D eigenvalue weighted by atomic mass is 16.7. The van der Waals surface area contributed by atoms with E-state index >= 15 is 0 Å². The second kappa shape index (κ2) is 3.59. The smallest absolute Gasteiger partial charge is 0.351 e. The van der Waals surface area contributed by atoms with Gasteiger partial charge < -0.3 is 9.94 Å². The van der Waals surface area contributed by atoms with E-state index in [0.29, 0.717) is 12.3 Å². The molecule has 1 rings (SSSR count). The second-order valence-electron chi connectivity index (χ2n) is 4.42. The average Bonchev–Trinajstić information content (AvgIpc) is 2.48. The van der Waals surface area contributed by atoms with Gasteiger partial charge in [0.25, 0.3) is 0 Å². The highest BCUT2D eigenvalue weighted by Crippen LogP contribution is 2.29. The van der Waals surface area contributed by atoms with Crippen LogP contribution in [0.4, 0.5) is 0 Å². The summed E-state index contributed by atoms with van der Waals surface area (Å²) in [5, 5.41) is 12.8. The van der Waals surface area contributed by atoms with E-state index in [1.54, 1.807) is 6.92 Å². The third-order valence-electron chi connectivity index (χ3n) is 2.86. The molecule has 0 radical (unpaired) electrons. The van der Waals surface area contributed by atoms with Crippen molar-refractivity contribution in [3.05, 3.63) is 0 Å². The largest absolute Gasteiger partial charge is 0.478 e. The van der Waals surface area contributed by atoms with Crippen LogP contribution < -0.4 is 0 Å². The summed E-state index contributed by atoms with van der Waals surface area (Å²) in [5.41, 5.74) is -0.303. The van der Waals surface area contributed by atoms with E-state index in [9.17, 15) is 4.79 Å². The molecule has 0 fully saturated rings. The van der Waals surface area contributed by atoms with Crippen molar-refractivity contribution in [2.45, 2.75) is 39.7 Å². The van der Waals surface area contributed by atoms with E-state index in [-0.39, 0.29) is 5.92 Å². The first-order valence-electron chi connectivity index (χ1n) is 4.85. The first kappa shape index (κ1) is 11.0. The highest BCUT2D eigenvalue weighted by molar-refractivity contribution is 5.94. The molecule has 0 bridgehead atoms. The number of aliphatic carboxylic acids is 1. The molecule has 0 saturated heterocycles. The van der Waals surface area contributed by atoms with Crippen LogP contribution in [-0.2, 0) is 9.63 Å². The number of oxime groups is 1. The summed E-state index contributed by atoms with van der Waals surface area (Å²) < 4.78 is 0. The molecule has 0 aromatic rings. The van der Waals surface area contributed by atoms with E-state index in [2.05, 4.69) is 19.0 Å². The van der Waals surface area contributed by atoms with Crippen molar-refractivity contribution in [2.75, 3.05) is 0 Å². The Bertz CT molecular complexity index is 273. The van der Waals surface area contributed by atoms with E-state index in [0.717, 1.165) is 5.71 Å². The Balaban J connectivity index is 2.68. The summed E-state index contributed by atoms with van der Waals surface area (Å²) in [7, 11) is 0. The zero-order valence-corrected chi connectivity index (χ0v) is 9.07. The lowest BCUT2D eigenvalue weighted by atomic mass is 9.87. The molecular weight excluding hydrogens is 182 g/mol. The molecule has 4 heteroatoms. The summed E-state index contributed by atoms with van der Waals surface area (Å²) in [6, 6.07) is 0. The minimum absolute atomic E-state index is 0.274. The lowest BCUT2D eigenvalue weighted by Gasteiger charge is -2.17. The zero-order valence-electron chi connectivity index (χ0n) is 9.07. The molecule has 0 aliphatic carbocycles. The van der Waals surface area contributed by atoms with Crippen LogP contribution >= 0.6 is 0 Å². The Morgan fingerprint density at radius 1 is 1.57 bits per heavy atom. The summed E-state index contributed by atoms with van der Waals surface area (Å²) in [4.78, 5) is 15.8. The van der Waals surface area contributed by atoms with E-state index in [4.69, 9.17) is 9.94 Å². The summed E-state index contributed by atoms with van der Waals surface area (Å²) in [6.45, 7) is 7.77. The van der Waals surface area contributed by atoms with Gasteiger partial charge in [0.15, 0.2) is 0 Å². The molecule has 2 atom stereocenters. The normalized spacial score (nSPS) is 28.5. The van der Waals surface area contributed by atoms with Gasteiger partial charge in [0.1, 0.15) is 0 Å². The predicted octanol–water partition coefficient (Wildman–Crippen LogP) is 1.90. The lowest BCUT2D eigenvalue weighted by molar-refractivity contribution is -0.160. The number of hydrogen-bond donors (Lipinski definition) is 1. The van der Waals surface area contributed by atoms with Gasteiger partial charge in [-0.05, 0) is 12.8 Å². The number of carboxylic acid groups (broad SMARTS) is 1. The molecule has 0 spiro atoms. The Labute approximate surface area is 83.9 Å². The van der Waals surface area contributed by atoms with Crippen molar-refractivity contribution >= 4 is 11.7 Å². The van der Waals surface area contributed by atoms with Crippen molar-refractivity contribution in [2.24, 2.45) is 17.0 Å². The Morgan fingerprint density at radius 2 is 2.14 bits per heavy atom. The van der Waals surface area contributed by atoms with E-state index in [1.165, 1.54) is 0 Å². The number of nitrogens with zero attached hydrogens (tertiary/aromatic N) is 1. The maximum atomic E-state index is 10.9. The minimum Gasteiger partial charge on any atom is -0.478 e. The van der Waals surface area contributed by atoms with Gasteiger partial charge in [0.2, 0.25) is 5.60 Å². The molecule has 2 unspecified atom stereocenters. The van der Waals surface area contributed by atoms with E-state index in [1.807, 2.05) is 6.92 Å². The quantitative estimate of drug-likeness (QED) is 0.755. The molecule has 14 heavy (non-hydrogen) atoms. The van der Waals surface area contributed by atoms with Gasteiger partial charge in [-0.2, -0.15) is 0 Å². The Hall–Kier alpha value is -1.06. The van der Waals surface area contributed by atoms with Gasteiger partial charge in [-0.25, -0.2) is 4.79 Å². The molecule has 0 amide bonds. The fourth-order valence-electron chi connectivity index (χ4n) is 1.31. The van der Waals surface area contributed by atoms with Gasteiger partial charge >= 0.3 is 5.97 Å². The SMILES string of the molecule is CC(C)C(C)C1=NOC(C)(C(=O)O)C1. The second-order valence-corrected chi connectivity index (χ2v) is 4.42. The van der Waals surface area contributed by atoms with Crippen LogP contribution in [0.2, 0.25) is 0 Å². The van der Waals surface area contributed by atoms with Crippen LogP contribution in [0, 0.1) is 11.8 Å². The monoisotopic (exact) mass is 199 g/mol. The topological polar surface area (TPSA) is 58.9 Å². The first-order valence-corrected chi connectivity index (χ1v) is 4.85. The number of carboxylic acids is 1. The molecule has 1 heterocycles. The average molecular weight is 199 g/mol. The fraction of sp³-hybridized carbons (Fsp3) is 0.800. The third-order valence-corrected chi connectivity index (χ3v) is 2.86. The minimum atomic E-state index is -1.15. The Morgan fingerprint density at radius 3 is 2.50 bits per heavy atom. The van der Waals surface area contributed by atoms with Crippen LogP contribution in [0.15, 0.2) is 5.16 Å². The summed E-state index contributed by atoms with van der Waals surface area (Å²) in [6.07, 6.45) is 0.391. The van der Waals surface area contributed by atoms with Crippen molar-refractivity contribution in [1.29, 1.82) is 0 Å². The van der Waals surface area contributed by atoms with Crippen LogP contribution in [-0.4, -0.2) is 22.4 Å². The van der Waals surface area contributed by atoms with Gasteiger partial charge in [0, 0.05) is 12.3 Å².